The molecule has 0 bridgehead atoms. The lowest BCUT2D eigenvalue weighted by Gasteiger charge is -2.34. The van der Waals surface area contributed by atoms with Crippen molar-refractivity contribution in [3.05, 3.63) is 81.4 Å². The first kappa shape index (κ1) is 16.7. The zero-order valence-electron chi connectivity index (χ0n) is 12.6. The van der Waals surface area contributed by atoms with Crippen LogP contribution in [-0.4, -0.2) is 11.8 Å². The molecule has 122 valence electrons. The number of benzene rings is 2. The number of hydrogen-bond donors (Lipinski definition) is 2. The Morgan fingerprint density at radius 3 is 2.33 bits per heavy atom. The van der Waals surface area contributed by atoms with Crippen LogP contribution in [0.1, 0.15) is 22.0 Å². The highest BCUT2D eigenvalue weighted by molar-refractivity contribution is 9.10. The van der Waals surface area contributed by atoms with Gasteiger partial charge in [0, 0.05) is 20.8 Å². The minimum Gasteiger partial charge on any atom is -0.330 e. The van der Waals surface area contributed by atoms with Gasteiger partial charge in [0.2, 0.25) is 0 Å². The molecule has 0 unspecified atom stereocenters. The maximum atomic E-state index is 13.0. The second-order valence-electron chi connectivity index (χ2n) is 5.50. The molecule has 0 saturated carbocycles. The molecule has 24 heavy (non-hydrogen) atoms. The number of rotatable bonds is 3. The van der Waals surface area contributed by atoms with E-state index in [-0.39, 0.29) is 11.8 Å². The van der Waals surface area contributed by atoms with Crippen molar-refractivity contribution in [2.75, 3.05) is 0 Å². The number of Topliss-reactive ketones (excluding diaryl/α,β-unsaturated/α-hetero) is 1. The number of halogens is 2. The quantitative estimate of drug-likeness (QED) is 0.740. The highest BCUT2D eigenvalue weighted by atomic mass is 79.9. The number of nitrogens with one attached hydrogen (secondary N) is 2. The molecule has 1 aliphatic rings. The minimum absolute atomic E-state index is 0.128. The van der Waals surface area contributed by atoms with Crippen molar-refractivity contribution < 1.29 is 9.59 Å². The van der Waals surface area contributed by atoms with Crippen molar-refractivity contribution in [1.82, 2.24) is 10.6 Å². The molecule has 2 aromatic rings. The van der Waals surface area contributed by atoms with Crippen LogP contribution in [0.5, 0.6) is 0 Å². The number of amides is 2. The van der Waals surface area contributed by atoms with Crippen molar-refractivity contribution in [2.45, 2.75) is 6.04 Å². The summed E-state index contributed by atoms with van der Waals surface area (Å²) in [7, 11) is 0. The smallest absolute Gasteiger partial charge is 0.319 e. The Morgan fingerprint density at radius 1 is 1.08 bits per heavy atom. The molecular formula is C18H14BrClN2O2. The SMILES string of the molecule is C=C1NC(=O)N[C@H](c2ccc(Br)cc2)[C@@H]1C(=O)c1ccc(Cl)cc1. The normalized spacial score (nSPS) is 20.2. The lowest BCUT2D eigenvalue weighted by Crippen LogP contribution is -2.50. The third-order valence-electron chi connectivity index (χ3n) is 3.91. The van der Waals surface area contributed by atoms with Crippen molar-refractivity contribution in [1.29, 1.82) is 0 Å². The summed E-state index contributed by atoms with van der Waals surface area (Å²) in [6, 6.07) is 13.3. The fraction of sp³-hybridized carbons (Fsp3) is 0.111. The van der Waals surface area contributed by atoms with Crippen molar-refractivity contribution in [3.8, 4) is 0 Å². The molecule has 0 spiro atoms. The largest absolute Gasteiger partial charge is 0.330 e. The van der Waals surface area contributed by atoms with Crippen LogP contribution in [0.2, 0.25) is 5.02 Å². The van der Waals surface area contributed by atoms with Gasteiger partial charge in [-0.05, 0) is 42.0 Å². The topological polar surface area (TPSA) is 58.2 Å². The maximum Gasteiger partial charge on any atom is 0.319 e. The second kappa shape index (κ2) is 6.79. The van der Waals surface area contributed by atoms with Crippen LogP contribution in [0.25, 0.3) is 0 Å². The molecule has 1 fully saturated rings. The summed E-state index contributed by atoms with van der Waals surface area (Å²) < 4.78 is 0.922. The predicted molar refractivity (Wildman–Crippen MR) is 97.0 cm³/mol. The highest BCUT2D eigenvalue weighted by Gasteiger charge is 2.37. The second-order valence-corrected chi connectivity index (χ2v) is 6.85. The van der Waals surface area contributed by atoms with Gasteiger partial charge in [-0.2, -0.15) is 0 Å². The van der Waals surface area contributed by atoms with Gasteiger partial charge in [0.1, 0.15) is 0 Å². The van der Waals surface area contributed by atoms with Gasteiger partial charge in [0.15, 0.2) is 5.78 Å². The van der Waals surface area contributed by atoms with Gasteiger partial charge in [0.25, 0.3) is 0 Å². The molecule has 2 atom stereocenters. The number of hydrogen-bond acceptors (Lipinski definition) is 2. The summed E-state index contributed by atoms with van der Waals surface area (Å²) in [6.45, 7) is 3.88. The molecule has 6 heteroatoms. The van der Waals surface area contributed by atoms with Gasteiger partial charge in [0.05, 0.1) is 12.0 Å². The van der Waals surface area contributed by atoms with E-state index in [0.29, 0.717) is 16.3 Å². The molecule has 1 heterocycles. The Bertz CT molecular complexity index is 803. The molecule has 2 amide bonds. The number of carbonyl (C=O) groups is 2. The van der Waals surface area contributed by atoms with Crippen LogP contribution in [0.3, 0.4) is 0 Å². The van der Waals surface area contributed by atoms with Gasteiger partial charge in [-0.1, -0.05) is 46.2 Å². The van der Waals surface area contributed by atoms with E-state index < -0.39 is 12.0 Å². The Kier molecular flexibility index (Phi) is 4.73. The number of ketones is 1. The molecule has 2 aromatic carbocycles. The maximum absolute atomic E-state index is 13.0. The van der Waals surface area contributed by atoms with E-state index in [4.69, 9.17) is 11.6 Å². The zero-order chi connectivity index (χ0) is 17.3. The fourth-order valence-electron chi connectivity index (χ4n) is 2.73. The Balaban J connectivity index is 1.98. The van der Waals surface area contributed by atoms with Gasteiger partial charge in [-0.15, -0.1) is 0 Å². The molecule has 2 N–H and O–H groups in total. The number of carbonyl (C=O) groups excluding carboxylic acids is 2. The Labute approximate surface area is 153 Å². The molecule has 0 radical (unpaired) electrons. The van der Waals surface area contributed by atoms with Gasteiger partial charge in [-0.25, -0.2) is 4.79 Å². The zero-order valence-corrected chi connectivity index (χ0v) is 14.9. The Morgan fingerprint density at radius 2 is 1.71 bits per heavy atom. The third-order valence-corrected chi connectivity index (χ3v) is 4.69. The summed E-state index contributed by atoms with van der Waals surface area (Å²) in [5, 5.41) is 5.98. The van der Waals surface area contributed by atoms with Crippen LogP contribution in [0.15, 0.2) is 65.3 Å². The van der Waals surface area contributed by atoms with Crippen molar-refractivity contribution in [3.63, 3.8) is 0 Å². The summed E-state index contributed by atoms with van der Waals surface area (Å²) in [4.78, 5) is 24.8. The van der Waals surface area contributed by atoms with Crippen LogP contribution in [0, 0.1) is 5.92 Å². The van der Waals surface area contributed by atoms with Crippen molar-refractivity contribution >= 4 is 39.3 Å². The molecule has 1 aliphatic heterocycles. The highest BCUT2D eigenvalue weighted by Crippen LogP contribution is 2.32. The van der Waals surface area contributed by atoms with Crippen LogP contribution in [-0.2, 0) is 0 Å². The first-order valence-electron chi connectivity index (χ1n) is 7.27. The Hall–Kier alpha value is -2.11. The van der Waals surface area contributed by atoms with E-state index in [0.717, 1.165) is 10.0 Å². The predicted octanol–water partition coefficient (Wildman–Crippen LogP) is 4.47. The lowest BCUT2D eigenvalue weighted by molar-refractivity contribution is 0.0905. The fourth-order valence-corrected chi connectivity index (χ4v) is 3.12. The molecule has 0 aromatic heterocycles. The summed E-state index contributed by atoms with van der Waals surface area (Å²) in [6.07, 6.45) is 0. The van der Waals surface area contributed by atoms with Gasteiger partial charge < -0.3 is 10.6 Å². The van der Waals surface area contributed by atoms with E-state index >= 15 is 0 Å². The number of urea groups is 1. The van der Waals surface area contributed by atoms with Crippen molar-refractivity contribution in [2.24, 2.45) is 5.92 Å². The van der Waals surface area contributed by atoms with E-state index in [1.165, 1.54) is 0 Å². The van der Waals surface area contributed by atoms with E-state index in [2.05, 4.69) is 33.1 Å². The summed E-state index contributed by atoms with van der Waals surface area (Å²) >= 11 is 9.27. The van der Waals surface area contributed by atoms with E-state index in [1.807, 2.05) is 24.3 Å². The standard InChI is InChI=1S/C18H14BrClN2O2/c1-10-15(17(23)12-4-8-14(20)9-5-12)16(22-18(24)21-10)11-2-6-13(19)7-3-11/h2-9,15-16H,1H2,(H2,21,22,24)/t15-,16-/m1/s1. The summed E-state index contributed by atoms with van der Waals surface area (Å²) in [5.74, 6) is -0.734. The average Bonchev–Trinajstić information content (AvgIpc) is 2.55. The molecule has 1 saturated heterocycles. The van der Waals surface area contributed by atoms with Gasteiger partial charge >= 0.3 is 6.03 Å². The lowest BCUT2D eigenvalue weighted by atomic mass is 9.83. The molecular weight excluding hydrogens is 392 g/mol. The third kappa shape index (κ3) is 3.37. The van der Waals surface area contributed by atoms with Crippen LogP contribution >= 0.6 is 27.5 Å². The van der Waals surface area contributed by atoms with Gasteiger partial charge in [-0.3, -0.25) is 4.79 Å². The molecule has 4 nitrogen and oxygen atoms in total. The average molecular weight is 406 g/mol. The summed E-state index contributed by atoms with van der Waals surface area (Å²) in [5.41, 5.74) is 1.73. The molecule has 3 rings (SSSR count). The first-order valence-corrected chi connectivity index (χ1v) is 8.44. The van der Waals surface area contributed by atoms with E-state index in [1.54, 1.807) is 24.3 Å². The van der Waals surface area contributed by atoms with Crippen LogP contribution < -0.4 is 10.6 Å². The molecule has 0 aliphatic carbocycles. The van der Waals surface area contributed by atoms with Crippen LogP contribution in [0.4, 0.5) is 4.79 Å². The first-order chi connectivity index (χ1) is 11.5. The monoisotopic (exact) mass is 404 g/mol. The van der Waals surface area contributed by atoms with E-state index in [9.17, 15) is 9.59 Å². The minimum atomic E-state index is -0.606.